The number of nitrogens with zero attached hydrogens (tertiary/aromatic N) is 3. The van der Waals surface area contributed by atoms with Crippen LogP contribution in [0, 0.1) is 6.92 Å². The number of carbonyl (C=O) groups is 1. The Labute approximate surface area is 134 Å². The first-order valence-corrected chi connectivity index (χ1v) is 7.77. The van der Waals surface area contributed by atoms with Crippen molar-refractivity contribution in [3.05, 3.63) is 46.7 Å². The minimum absolute atomic E-state index is 0.0165. The van der Waals surface area contributed by atoms with E-state index >= 15 is 0 Å². The van der Waals surface area contributed by atoms with Gasteiger partial charge in [0.1, 0.15) is 0 Å². The molecule has 1 amide bonds. The van der Waals surface area contributed by atoms with Crippen molar-refractivity contribution < 1.29 is 4.79 Å². The summed E-state index contributed by atoms with van der Waals surface area (Å²) in [5.41, 5.74) is 2.25. The Bertz CT molecular complexity index is 697. The van der Waals surface area contributed by atoms with Gasteiger partial charge in [0.2, 0.25) is 0 Å². The molecule has 1 aromatic carbocycles. The van der Waals surface area contributed by atoms with Crippen LogP contribution in [0.1, 0.15) is 23.1 Å². The van der Waals surface area contributed by atoms with Crippen molar-refractivity contribution in [2.75, 3.05) is 19.6 Å². The number of carbonyl (C=O) groups excluding carboxylic acids is 1. The van der Waals surface area contributed by atoms with Crippen LogP contribution in [0.15, 0.2) is 30.3 Å². The average Bonchev–Trinajstić information content (AvgIpc) is 2.88. The van der Waals surface area contributed by atoms with Gasteiger partial charge in [-0.15, -0.1) is 0 Å². The van der Waals surface area contributed by atoms with Crippen molar-refractivity contribution >= 4 is 17.5 Å². The lowest BCUT2D eigenvalue weighted by Gasteiger charge is -2.31. The molecule has 2 aromatic rings. The molecule has 0 saturated carbocycles. The van der Waals surface area contributed by atoms with Crippen molar-refractivity contribution in [1.29, 1.82) is 0 Å². The third-order valence-electron chi connectivity index (χ3n) is 3.82. The van der Waals surface area contributed by atoms with Crippen LogP contribution < -0.4 is 5.32 Å². The molecule has 6 heteroatoms. The predicted octanol–water partition coefficient (Wildman–Crippen LogP) is 2.27. The van der Waals surface area contributed by atoms with Gasteiger partial charge in [-0.3, -0.25) is 4.79 Å². The monoisotopic (exact) mass is 318 g/mol. The van der Waals surface area contributed by atoms with E-state index in [0.717, 1.165) is 17.9 Å². The molecule has 2 heterocycles. The standard InChI is InChI=1S/C16H19ClN4O/c1-11-10-20(7-6-18-11)16(22)15-8-12(2)21(19-15)14-5-3-4-13(17)9-14/h3-5,8-9,11,18H,6-7,10H2,1-2H3/t11-/m1/s1. The van der Waals surface area contributed by atoms with E-state index in [4.69, 9.17) is 11.6 Å². The number of aryl methyl sites for hydroxylation is 1. The van der Waals surface area contributed by atoms with Crippen LogP contribution in [0.25, 0.3) is 5.69 Å². The van der Waals surface area contributed by atoms with Crippen LogP contribution in [-0.4, -0.2) is 46.3 Å². The summed E-state index contributed by atoms with van der Waals surface area (Å²) in [7, 11) is 0. The zero-order chi connectivity index (χ0) is 15.7. The Balaban J connectivity index is 1.87. The molecule has 116 valence electrons. The van der Waals surface area contributed by atoms with Crippen LogP contribution in [0.2, 0.25) is 5.02 Å². The molecule has 1 saturated heterocycles. The molecule has 0 aliphatic carbocycles. The maximum Gasteiger partial charge on any atom is 0.274 e. The second-order valence-corrected chi connectivity index (χ2v) is 6.11. The third-order valence-corrected chi connectivity index (χ3v) is 4.05. The molecular formula is C16H19ClN4O. The summed E-state index contributed by atoms with van der Waals surface area (Å²) < 4.78 is 1.75. The van der Waals surface area contributed by atoms with Gasteiger partial charge in [-0.25, -0.2) is 4.68 Å². The van der Waals surface area contributed by atoms with Crippen molar-refractivity contribution in [3.8, 4) is 5.69 Å². The summed E-state index contributed by atoms with van der Waals surface area (Å²) in [5.74, 6) is -0.0165. The molecule has 22 heavy (non-hydrogen) atoms. The quantitative estimate of drug-likeness (QED) is 0.924. The zero-order valence-corrected chi connectivity index (χ0v) is 13.5. The highest BCUT2D eigenvalue weighted by Gasteiger charge is 2.24. The van der Waals surface area contributed by atoms with Crippen molar-refractivity contribution in [3.63, 3.8) is 0 Å². The van der Waals surface area contributed by atoms with Gasteiger partial charge in [-0.05, 0) is 38.1 Å². The average molecular weight is 319 g/mol. The van der Waals surface area contributed by atoms with Gasteiger partial charge in [-0.2, -0.15) is 5.10 Å². The summed E-state index contributed by atoms with van der Waals surface area (Å²) in [5, 5.41) is 8.45. The number of hydrogen-bond acceptors (Lipinski definition) is 3. The van der Waals surface area contributed by atoms with Crippen molar-refractivity contribution in [2.24, 2.45) is 0 Å². The molecule has 0 bridgehead atoms. The minimum atomic E-state index is -0.0165. The molecule has 5 nitrogen and oxygen atoms in total. The lowest BCUT2D eigenvalue weighted by atomic mass is 10.2. The number of nitrogens with one attached hydrogen (secondary N) is 1. The van der Waals surface area contributed by atoms with Gasteiger partial charge in [0, 0.05) is 36.4 Å². The zero-order valence-electron chi connectivity index (χ0n) is 12.7. The van der Waals surface area contributed by atoms with Gasteiger partial charge in [0.15, 0.2) is 5.69 Å². The second-order valence-electron chi connectivity index (χ2n) is 5.67. The summed E-state index contributed by atoms with van der Waals surface area (Å²) in [6.07, 6.45) is 0. The molecule has 1 aromatic heterocycles. The fraction of sp³-hybridized carbons (Fsp3) is 0.375. The third kappa shape index (κ3) is 3.00. The van der Waals surface area contributed by atoms with E-state index in [9.17, 15) is 4.79 Å². The van der Waals surface area contributed by atoms with E-state index < -0.39 is 0 Å². The van der Waals surface area contributed by atoms with Crippen molar-refractivity contribution in [1.82, 2.24) is 20.0 Å². The van der Waals surface area contributed by atoms with E-state index in [0.29, 0.717) is 29.8 Å². The molecule has 1 aliphatic heterocycles. The largest absolute Gasteiger partial charge is 0.334 e. The Morgan fingerprint density at radius 2 is 2.23 bits per heavy atom. The predicted molar refractivity (Wildman–Crippen MR) is 86.7 cm³/mol. The molecule has 1 aliphatic rings. The van der Waals surface area contributed by atoms with Crippen LogP contribution in [-0.2, 0) is 0 Å². The van der Waals surface area contributed by atoms with Crippen LogP contribution in [0.5, 0.6) is 0 Å². The van der Waals surface area contributed by atoms with Crippen LogP contribution in [0.3, 0.4) is 0 Å². The normalized spacial score (nSPS) is 18.5. The summed E-state index contributed by atoms with van der Waals surface area (Å²) in [4.78, 5) is 14.5. The topological polar surface area (TPSA) is 50.2 Å². The second kappa shape index (κ2) is 6.10. The first-order valence-electron chi connectivity index (χ1n) is 7.40. The summed E-state index contributed by atoms with van der Waals surface area (Å²) in [6, 6.07) is 9.59. The maximum atomic E-state index is 12.6. The smallest absolute Gasteiger partial charge is 0.274 e. The Morgan fingerprint density at radius 1 is 1.41 bits per heavy atom. The molecule has 1 N–H and O–H groups in total. The van der Waals surface area contributed by atoms with E-state index in [-0.39, 0.29) is 5.91 Å². The minimum Gasteiger partial charge on any atom is -0.334 e. The van der Waals surface area contributed by atoms with Crippen LogP contribution >= 0.6 is 11.6 Å². The van der Waals surface area contributed by atoms with E-state index in [1.165, 1.54) is 0 Å². The lowest BCUT2D eigenvalue weighted by Crippen LogP contribution is -2.51. The highest BCUT2D eigenvalue weighted by Crippen LogP contribution is 2.17. The number of amides is 1. The molecular weight excluding hydrogens is 300 g/mol. The number of benzene rings is 1. The van der Waals surface area contributed by atoms with Gasteiger partial charge in [0.25, 0.3) is 5.91 Å². The molecule has 3 rings (SSSR count). The highest BCUT2D eigenvalue weighted by atomic mass is 35.5. The lowest BCUT2D eigenvalue weighted by molar-refractivity contribution is 0.0702. The van der Waals surface area contributed by atoms with E-state index in [1.54, 1.807) is 4.68 Å². The molecule has 0 unspecified atom stereocenters. The fourth-order valence-electron chi connectivity index (χ4n) is 2.73. The number of rotatable bonds is 2. The van der Waals surface area contributed by atoms with Gasteiger partial charge >= 0.3 is 0 Å². The SMILES string of the molecule is Cc1cc(C(=O)N2CCN[C@H](C)C2)nn1-c1cccc(Cl)c1. The highest BCUT2D eigenvalue weighted by molar-refractivity contribution is 6.30. The molecule has 1 atom stereocenters. The fourth-order valence-corrected chi connectivity index (χ4v) is 2.91. The number of piperazine rings is 1. The van der Waals surface area contributed by atoms with Gasteiger partial charge in [-0.1, -0.05) is 17.7 Å². The van der Waals surface area contributed by atoms with Gasteiger partial charge < -0.3 is 10.2 Å². The van der Waals surface area contributed by atoms with Crippen LogP contribution in [0.4, 0.5) is 0 Å². The first-order chi connectivity index (χ1) is 10.5. The van der Waals surface area contributed by atoms with E-state index in [1.807, 2.05) is 42.2 Å². The number of hydrogen-bond donors (Lipinski definition) is 1. The van der Waals surface area contributed by atoms with Crippen molar-refractivity contribution in [2.45, 2.75) is 19.9 Å². The Kier molecular flexibility index (Phi) is 4.18. The number of halogens is 1. The Morgan fingerprint density at radius 3 is 2.95 bits per heavy atom. The summed E-state index contributed by atoms with van der Waals surface area (Å²) in [6.45, 7) is 6.26. The first kappa shape index (κ1) is 15.1. The molecule has 1 fully saturated rings. The molecule has 0 radical (unpaired) electrons. The Hall–Kier alpha value is -1.85. The maximum absolute atomic E-state index is 12.6. The molecule has 0 spiro atoms. The van der Waals surface area contributed by atoms with Gasteiger partial charge in [0.05, 0.1) is 5.69 Å². The van der Waals surface area contributed by atoms with E-state index in [2.05, 4.69) is 17.3 Å². The summed E-state index contributed by atoms with van der Waals surface area (Å²) >= 11 is 6.03. The number of aromatic nitrogens is 2.